The molecule has 3 N–H and O–H groups in total. The number of nitrogens with zero attached hydrogens (tertiary/aromatic N) is 1. The summed E-state index contributed by atoms with van der Waals surface area (Å²) in [6.07, 6.45) is 0. The number of carboxylic acid groups (broad SMARTS) is 1. The van der Waals surface area contributed by atoms with E-state index >= 15 is 0 Å². The van der Waals surface area contributed by atoms with Gasteiger partial charge in [-0.05, 0) is 34.7 Å². The Labute approximate surface area is 134 Å². The van der Waals surface area contributed by atoms with Crippen molar-refractivity contribution in [3.05, 3.63) is 43.9 Å². The predicted octanol–water partition coefficient (Wildman–Crippen LogP) is 3.70. The third-order valence-corrected chi connectivity index (χ3v) is 3.74. The lowest BCUT2D eigenvalue weighted by molar-refractivity contribution is 0.0691. The number of benzene rings is 1. The van der Waals surface area contributed by atoms with Crippen molar-refractivity contribution in [3.8, 4) is 11.3 Å². The lowest BCUT2D eigenvalue weighted by Gasteiger charge is -2.10. The molecule has 21 heavy (non-hydrogen) atoms. The summed E-state index contributed by atoms with van der Waals surface area (Å²) in [4.78, 5) is 14.5. The summed E-state index contributed by atoms with van der Waals surface area (Å²) < 4.78 is 41.1. The van der Waals surface area contributed by atoms with Crippen LogP contribution < -0.4 is 5.73 Å². The Bertz CT molecular complexity index is 771. The monoisotopic (exact) mass is 428 g/mol. The summed E-state index contributed by atoms with van der Waals surface area (Å²) in [7, 11) is 0. The second-order valence-corrected chi connectivity index (χ2v) is 5.45. The van der Waals surface area contributed by atoms with Gasteiger partial charge in [0.25, 0.3) is 0 Å². The molecule has 0 aliphatic carbocycles. The van der Waals surface area contributed by atoms with Gasteiger partial charge in [-0.2, -0.15) is 0 Å². The molecule has 4 nitrogen and oxygen atoms in total. The van der Waals surface area contributed by atoms with E-state index < -0.39 is 40.4 Å². The number of carboxylic acids is 1. The molecule has 110 valence electrons. The Balaban J connectivity index is 2.80. The number of nitrogen functional groups attached to an aromatic ring is 1. The first-order valence-electron chi connectivity index (χ1n) is 5.26. The normalized spacial score (nSPS) is 10.7. The van der Waals surface area contributed by atoms with Crippen molar-refractivity contribution < 1.29 is 23.1 Å². The van der Waals surface area contributed by atoms with Crippen LogP contribution in [0.2, 0.25) is 5.02 Å². The molecule has 0 saturated heterocycles. The van der Waals surface area contributed by atoms with Gasteiger partial charge in [0.05, 0.1) is 25.5 Å². The summed E-state index contributed by atoms with van der Waals surface area (Å²) in [5.41, 5.74) is 3.31. The van der Waals surface area contributed by atoms with Crippen molar-refractivity contribution in [1.82, 2.24) is 4.98 Å². The molecule has 0 unspecified atom stereocenters. The second kappa shape index (κ2) is 5.68. The fourth-order valence-corrected chi connectivity index (χ4v) is 2.31. The summed E-state index contributed by atoms with van der Waals surface area (Å²) in [5.74, 6) is -5.37. The Kier molecular flexibility index (Phi) is 4.28. The Morgan fingerprint density at radius 2 is 1.90 bits per heavy atom. The van der Waals surface area contributed by atoms with Crippen molar-refractivity contribution >= 4 is 45.8 Å². The van der Waals surface area contributed by atoms with Crippen LogP contribution in [0.4, 0.5) is 18.9 Å². The number of halogens is 5. The molecular weight excluding hydrogens is 423 g/mol. The van der Waals surface area contributed by atoms with Crippen molar-refractivity contribution in [2.24, 2.45) is 0 Å². The van der Waals surface area contributed by atoms with Crippen LogP contribution in [0, 0.1) is 21.0 Å². The van der Waals surface area contributed by atoms with E-state index in [1.807, 2.05) is 0 Å². The summed E-state index contributed by atoms with van der Waals surface area (Å²) in [5, 5.41) is 8.57. The van der Waals surface area contributed by atoms with Gasteiger partial charge in [0.2, 0.25) is 0 Å². The number of carbonyl (C=O) groups is 1. The number of aromatic carboxylic acids is 1. The van der Waals surface area contributed by atoms with E-state index in [2.05, 4.69) is 4.98 Å². The lowest BCUT2D eigenvalue weighted by atomic mass is 10.1. The van der Waals surface area contributed by atoms with E-state index in [-0.39, 0.29) is 14.3 Å². The lowest BCUT2D eigenvalue weighted by Crippen LogP contribution is -2.07. The highest BCUT2D eigenvalue weighted by Crippen LogP contribution is 2.33. The molecule has 0 amide bonds. The van der Waals surface area contributed by atoms with Crippen LogP contribution in [-0.2, 0) is 0 Å². The molecule has 0 bridgehead atoms. The third kappa shape index (κ3) is 2.77. The molecule has 2 rings (SSSR count). The van der Waals surface area contributed by atoms with Gasteiger partial charge in [-0.1, -0.05) is 11.6 Å². The molecule has 0 aliphatic rings. The molecule has 0 atom stereocenters. The van der Waals surface area contributed by atoms with Crippen LogP contribution >= 0.6 is 34.2 Å². The zero-order valence-electron chi connectivity index (χ0n) is 9.92. The molecule has 1 heterocycles. The largest absolute Gasteiger partial charge is 0.476 e. The number of hydrogen-bond acceptors (Lipinski definition) is 3. The highest BCUT2D eigenvalue weighted by Gasteiger charge is 2.23. The third-order valence-electron chi connectivity index (χ3n) is 2.56. The van der Waals surface area contributed by atoms with Gasteiger partial charge in [-0.25, -0.2) is 22.9 Å². The van der Waals surface area contributed by atoms with E-state index in [0.717, 1.165) is 12.1 Å². The van der Waals surface area contributed by atoms with Crippen molar-refractivity contribution in [2.45, 2.75) is 0 Å². The van der Waals surface area contributed by atoms with E-state index in [9.17, 15) is 18.0 Å². The first kappa shape index (κ1) is 15.8. The Hall–Kier alpha value is -1.55. The van der Waals surface area contributed by atoms with Crippen molar-refractivity contribution in [3.63, 3.8) is 0 Å². The first-order valence-corrected chi connectivity index (χ1v) is 6.72. The van der Waals surface area contributed by atoms with Crippen molar-refractivity contribution in [2.75, 3.05) is 5.73 Å². The summed E-state index contributed by atoms with van der Waals surface area (Å²) in [6, 6.07) is 1.74. The van der Waals surface area contributed by atoms with E-state index in [4.69, 9.17) is 22.4 Å². The average molecular weight is 429 g/mol. The van der Waals surface area contributed by atoms with E-state index in [1.54, 1.807) is 0 Å². The average Bonchev–Trinajstić information content (AvgIpc) is 2.39. The van der Waals surface area contributed by atoms with Gasteiger partial charge in [-0.3, -0.25) is 0 Å². The Morgan fingerprint density at radius 1 is 1.29 bits per heavy atom. The van der Waals surface area contributed by atoms with Crippen LogP contribution in [0.5, 0.6) is 0 Å². The summed E-state index contributed by atoms with van der Waals surface area (Å²) >= 11 is 7.08. The van der Waals surface area contributed by atoms with Crippen LogP contribution in [0.1, 0.15) is 10.5 Å². The smallest absolute Gasteiger partial charge is 0.356 e. The zero-order valence-corrected chi connectivity index (χ0v) is 12.8. The van der Waals surface area contributed by atoms with Gasteiger partial charge in [-0.15, -0.1) is 0 Å². The molecule has 0 spiro atoms. The minimum absolute atomic E-state index is 0.239. The maximum atomic E-state index is 13.9. The first-order chi connectivity index (χ1) is 9.73. The molecule has 1 aromatic carbocycles. The predicted molar refractivity (Wildman–Crippen MR) is 78.6 cm³/mol. The topological polar surface area (TPSA) is 76.2 Å². The quantitative estimate of drug-likeness (QED) is 0.434. The van der Waals surface area contributed by atoms with Crippen molar-refractivity contribution in [1.29, 1.82) is 0 Å². The molecule has 0 aliphatic heterocycles. The van der Waals surface area contributed by atoms with Crippen LogP contribution in [0.15, 0.2) is 12.1 Å². The minimum Gasteiger partial charge on any atom is -0.476 e. The van der Waals surface area contributed by atoms with E-state index in [0.29, 0.717) is 0 Å². The molecule has 1 aromatic heterocycles. The minimum atomic E-state index is -1.53. The SMILES string of the molecule is Nc1cc(-c2c(F)cc(I)c(F)c2F)nc(C(=O)O)c1Cl. The molecule has 0 radical (unpaired) electrons. The fourth-order valence-electron chi connectivity index (χ4n) is 1.62. The van der Waals surface area contributed by atoms with Gasteiger partial charge in [0.1, 0.15) is 5.82 Å². The van der Waals surface area contributed by atoms with E-state index in [1.165, 1.54) is 22.6 Å². The molecular formula is C12H5ClF3IN2O2. The van der Waals surface area contributed by atoms with Gasteiger partial charge >= 0.3 is 5.97 Å². The zero-order chi connectivity index (χ0) is 15.9. The maximum absolute atomic E-state index is 13.9. The van der Waals surface area contributed by atoms with Crippen LogP contribution in [0.3, 0.4) is 0 Å². The van der Waals surface area contributed by atoms with Crippen LogP contribution in [0.25, 0.3) is 11.3 Å². The molecule has 2 aromatic rings. The Morgan fingerprint density at radius 3 is 2.48 bits per heavy atom. The number of rotatable bonds is 2. The number of anilines is 1. The standard InChI is InChI=1S/C12H5ClF3IN2O2/c13-8-5(18)2-6(19-11(8)12(20)21)7-3(14)1-4(17)9(15)10(7)16/h1-2H,(H2,18,19)(H,20,21). The second-order valence-electron chi connectivity index (χ2n) is 3.91. The molecule has 9 heteroatoms. The van der Waals surface area contributed by atoms with Gasteiger partial charge < -0.3 is 10.8 Å². The van der Waals surface area contributed by atoms with Gasteiger partial charge in [0, 0.05) is 0 Å². The highest BCUT2D eigenvalue weighted by atomic mass is 127. The number of pyridine rings is 1. The number of hydrogen-bond donors (Lipinski definition) is 2. The maximum Gasteiger partial charge on any atom is 0.356 e. The summed E-state index contributed by atoms with van der Waals surface area (Å²) in [6.45, 7) is 0. The number of nitrogens with two attached hydrogens (primary N) is 1. The van der Waals surface area contributed by atoms with Crippen LogP contribution in [-0.4, -0.2) is 16.1 Å². The molecule has 0 fully saturated rings. The fraction of sp³-hybridized carbons (Fsp3) is 0. The number of aromatic nitrogens is 1. The van der Waals surface area contributed by atoms with Gasteiger partial charge in [0.15, 0.2) is 17.3 Å². The molecule has 0 saturated carbocycles. The highest BCUT2D eigenvalue weighted by molar-refractivity contribution is 14.1.